The van der Waals surface area contributed by atoms with Crippen molar-refractivity contribution in [3.8, 4) is 11.8 Å². The van der Waals surface area contributed by atoms with E-state index in [4.69, 9.17) is 9.47 Å². The number of alkyl halides is 3. The van der Waals surface area contributed by atoms with E-state index in [-0.39, 0.29) is 42.1 Å². The van der Waals surface area contributed by atoms with E-state index in [0.717, 1.165) is 49.6 Å². The minimum absolute atomic E-state index is 0.0162. The average Bonchev–Trinajstić information content (AvgIpc) is 3.77. The van der Waals surface area contributed by atoms with Crippen LogP contribution in [0.15, 0.2) is 42.5 Å². The average molecular weight is 711 g/mol. The molecule has 1 aliphatic carbocycles. The van der Waals surface area contributed by atoms with Gasteiger partial charge in [-0.3, -0.25) is 14.5 Å². The number of hydrogen-bond acceptors (Lipinski definition) is 7. The smallest absolute Gasteiger partial charge is 0.416 e. The Balaban J connectivity index is 1.27. The molecule has 0 bridgehead atoms. The Morgan fingerprint density at radius 3 is 2.25 bits per heavy atom. The third-order valence-corrected chi connectivity index (χ3v) is 11.8. The summed E-state index contributed by atoms with van der Waals surface area (Å²) in [5, 5.41) is 19.4. The zero-order valence-electron chi connectivity index (χ0n) is 29.5. The van der Waals surface area contributed by atoms with Crippen molar-refractivity contribution in [2.24, 2.45) is 17.8 Å². The molecule has 3 heterocycles. The quantitative estimate of drug-likeness (QED) is 0.297. The molecule has 2 aromatic rings. The number of aliphatic carboxylic acids is 1. The standard InChI is InChI=1S/C39H49F3N4O5/c1-3-51-31-11-7-29(8-12-31)45-22-33(25-4-9-30(50-2)10-5-25)35(24-45)37(47)46-21-27(14-17-43)34(23-46)32-13-6-28(39(40,41)42)20-36(32)44-18-15-26(16-19-44)38(48)49/h4-6,9-10,13,20,26-27,29,31,33-35H,3,7-8,11-12,14-16,18-19,21-24H2,1-2H3,(H,48,49)/t27-,29-,31-,33-,34-,35+/m0/s1. The number of benzene rings is 2. The summed E-state index contributed by atoms with van der Waals surface area (Å²) in [5.74, 6) is -1.62. The predicted molar refractivity (Wildman–Crippen MR) is 186 cm³/mol. The van der Waals surface area contributed by atoms with Crippen molar-refractivity contribution in [3.05, 3.63) is 59.2 Å². The molecule has 1 amide bonds. The van der Waals surface area contributed by atoms with Gasteiger partial charge in [0.15, 0.2) is 0 Å². The molecule has 4 aliphatic rings. The van der Waals surface area contributed by atoms with E-state index < -0.39 is 23.6 Å². The van der Waals surface area contributed by atoms with E-state index in [2.05, 4.69) is 11.0 Å². The number of piperidine rings is 1. The Bertz CT molecular complexity index is 1560. The molecule has 1 saturated carbocycles. The van der Waals surface area contributed by atoms with Gasteiger partial charge in [0.25, 0.3) is 0 Å². The molecule has 0 unspecified atom stereocenters. The summed E-state index contributed by atoms with van der Waals surface area (Å²) in [6.07, 6.45) is 0.568. The number of nitrogens with zero attached hydrogens (tertiary/aromatic N) is 4. The van der Waals surface area contributed by atoms with Crippen LogP contribution in [0.2, 0.25) is 0 Å². The lowest BCUT2D eigenvalue weighted by Gasteiger charge is -2.35. The van der Waals surface area contributed by atoms with Crippen LogP contribution in [0, 0.1) is 29.1 Å². The summed E-state index contributed by atoms with van der Waals surface area (Å²) in [6.45, 7) is 5.39. The monoisotopic (exact) mass is 710 g/mol. The van der Waals surface area contributed by atoms with E-state index in [1.807, 2.05) is 41.0 Å². The zero-order valence-corrected chi connectivity index (χ0v) is 29.5. The highest BCUT2D eigenvalue weighted by Crippen LogP contribution is 2.45. The van der Waals surface area contributed by atoms with Gasteiger partial charge < -0.3 is 24.4 Å². The molecule has 9 nitrogen and oxygen atoms in total. The maximum Gasteiger partial charge on any atom is 0.416 e. The number of rotatable bonds is 10. The maximum absolute atomic E-state index is 14.7. The Hall–Kier alpha value is -3.82. The highest BCUT2D eigenvalue weighted by atomic mass is 19.4. The molecule has 3 aliphatic heterocycles. The molecule has 51 heavy (non-hydrogen) atoms. The fourth-order valence-corrected chi connectivity index (χ4v) is 9.02. The molecule has 6 rings (SSSR count). The molecule has 2 aromatic carbocycles. The minimum atomic E-state index is -4.55. The number of carbonyl (C=O) groups is 2. The molecular formula is C39H49F3N4O5. The number of likely N-dealkylation sites (tertiary alicyclic amines) is 2. The van der Waals surface area contributed by atoms with Crippen LogP contribution in [0.4, 0.5) is 18.9 Å². The van der Waals surface area contributed by atoms with Crippen LogP contribution >= 0.6 is 0 Å². The van der Waals surface area contributed by atoms with Gasteiger partial charge in [-0.15, -0.1) is 0 Å². The van der Waals surface area contributed by atoms with Gasteiger partial charge in [0.05, 0.1) is 36.7 Å². The first kappa shape index (κ1) is 37.0. The molecule has 12 heteroatoms. The normalized spacial score (nSPS) is 27.8. The lowest BCUT2D eigenvalue weighted by atomic mass is 9.84. The van der Waals surface area contributed by atoms with Crippen molar-refractivity contribution in [1.82, 2.24) is 9.80 Å². The van der Waals surface area contributed by atoms with E-state index in [1.165, 1.54) is 12.1 Å². The van der Waals surface area contributed by atoms with Crippen molar-refractivity contribution in [2.45, 2.75) is 82.0 Å². The highest BCUT2D eigenvalue weighted by Gasteiger charge is 2.46. The van der Waals surface area contributed by atoms with Gasteiger partial charge in [0, 0.05) is 75.9 Å². The van der Waals surface area contributed by atoms with Crippen molar-refractivity contribution >= 4 is 17.6 Å². The third-order valence-electron chi connectivity index (χ3n) is 11.8. The van der Waals surface area contributed by atoms with Gasteiger partial charge in [0.2, 0.25) is 5.91 Å². The van der Waals surface area contributed by atoms with Crippen LogP contribution in [0.25, 0.3) is 0 Å². The van der Waals surface area contributed by atoms with Crippen LogP contribution < -0.4 is 9.64 Å². The van der Waals surface area contributed by atoms with Crippen LogP contribution in [0.1, 0.15) is 80.4 Å². The topological polar surface area (TPSA) is 106 Å². The molecule has 0 aromatic heterocycles. The van der Waals surface area contributed by atoms with E-state index in [9.17, 15) is 33.1 Å². The van der Waals surface area contributed by atoms with E-state index in [1.54, 1.807) is 7.11 Å². The number of methoxy groups -OCH3 is 1. The van der Waals surface area contributed by atoms with E-state index in [0.29, 0.717) is 69.5 Å². The number of carboxylic acid groups (broad SMARTS) is 1. The number of nitriles is 1. The summed E-state index contributed by atoms with van der Waals surface area (Å²) in [7, 11) is 1.62. The molecule has 0 radical (unpaired) electrons. The number of amides is 1. The number of halogens is 3. The highest BCUT2D eigenvalue weighted by molar-refractivity contribution is 5.81. The maximum atomic E-state index is 14.7. The molecule has 276 valence electrons. The first-order valence-electron chi connectivity index (χ1n) is 18.3. The van der Waals surface area contributed by atoms with Gasteiger partial charge in [-0.25, -0.2) is 0 Å². The zero-order chi connectivity index (χ0) is 36.3. The van der Waals surface area contributed by atoms with Crippen molar-refractivity contribution in [2.75, 3.05) is 57.9 Å². The van der Waals surface area contributed by atoms with Crippen LogP contribution in [-0.4, -0.2) is 91.9 Å². The predicted octanol–water partition coefficient (Wildman–Crippen LogP) is 6.53. The summed E-state index contributed by atoms with van der Waals surface area (Å²) in [5.41, 5.74) is 1.40. The van der Waals surface area contributed by atoms with Crippen molar-refractivity contribution < 1.29 is 37.3 Å². The van der Waals surface area contributed by atoms with Crippen molar-refractivity contribution in [1.29, 1.82) is 5.26 Å². The summed E-state index contributed by atoms with van der Waals surface area (Å²) in [6, 6.07) is 14.3. The molecule has 4 fully saturated rings. The van der Waals surface area contributed by atoms with Crippen molar-refractivity contribution in [3.63, 3.8) is 0 Å². The number of carbonyl (C=O) groups excluding carboxylic acids is 1. The Kier molecular flexibility index (Phi) is 11.5. The summed E-state index contributed by atoms with van der Waals surface area (Å²) >= 11 is 0. The second-order valence-corrected chi connectivity index (χ2v) is 14.7. The lowest BCUT2D eigenvalue weighted by Crippen LogP contribution is -2.40. The Morgan fingerprint density at radius 1 is 0.941 bits per heavy atom. The number of hydrogen-bond donors (Lipinski definition) is 1. The lowest BCUT2D eigenvalue weighted by molar-refractivity contribution is -0.142. The molecular weight excluding hydrogens is 661 g/mol. The third kappa shape index (κ3) is 8.15. The number of carboxylic acids is 1. The first-order valence-corrected chi connectivity index (χ1v) is 18.3. The first-order chi connectivity index (χ1) is 24.5. The summed E-state index contributed by atoms with van der Waals surface area (Å²) < 4.78 is 53.2. The van der Waals surface area contributed by atoms with Gasteiger partial charge >= 0.3 is 12.1 Å². The second kappa shape index (κ2) is 15.8. The molecule has 4 atom stereocenters. The fraction of sp³-hybridized carbons (Fsp3) is 0.615. The van der Waals surface area contributed by atoms with Gasteiger partial charge in [-0.1, -0.05) is 18.2 Å². The van der Waals surface area contributed by atoms with Crippen LogP contribution in [-0.2, 0) is 20.5 Å². The second-order valence-electron chi connectivity index (χ2n) is 14.7. The number of anilines is 1. The fourth-order valence-electron chi connectivity index (χ4n) is 9.02. The minimum Gasteiger partial charge on any atom is -0.497 e. The largest absolute Gasteiger partial charge is 0.497 e. The molecule has 3 saturated heterocycles. The summed E-state index contributed by atoms with van der Waals surface area (Å²) in [4.78, 5) is 32.5. The van der Waals surface area contributed by atoms with Crippen LogP contribution in [0.3, 0.4) is 0 Å². The Labute approximate surface area is 298 Å². The number of ether oxygens (including phenoxy) is 2. The molecule has 0 spiro atoms. The van der Waals surface area contributed by atoms with Gasteiger partial charge in [0.1, 0.15) is 5.75 Å². The Morgan fingerprint density at radius 2 is 1.65 bits per heavy atom. The van der Waals surface area contributed by atoms with Crippen LogP contribution in [0.5, 0.6) is 5.75 Å². The van der Waals surface area contributed by atoms with Gasteiger partial charge in [-0.2, -0.15) is 18.4 Å². The van der Waals surface area contributed by atoms with Gasteiger partial charge in [-0.05, 0) is 86.8 Å². The molecule has 1 N–H and O–H groups in total. The van der Waals surface area contributed by atoms with E-state index >= 15 is 0 Å². The SMILES string of the molecule is CCO[C@H]1CC[C@H](N2C[C@@H](C(=O)N3C[C@H](CC#N)[C@@H](c4ccc(C(F)(F)F)cc4N4CCC(C(=O)O)CC4)C3)[C@H](c3ccc(OC)cc3)C2)CC1.